The van der Waals surface area contributed by atoms with Gasteiger partial charge in [0.25, 0.3) is 0 Å². The van der Waals surface area contributed by atoms with Crippen molar-refractivity contribution in [2.45, 2.75) is 4.84 Å². The minimum Gasteiger partial charge on any atom is -0.547 e. The summed E-state index contributed by atoms with van der Waals surface area (Å²) in [6, 6.07) is -0.225. The highest BCUT2D eigenvalue weighted by atomic mass is 35.5. The van der Waals surface area contributed by atoms with Gasteiger partial charge in [0, 0.05) is 6.08 Å². The van der Waals surface area contributed by atoms with Gasteiger partial charge in [-0.05, 0) is 0 Å². The first-order valence-electron chi connectivity index (χ1n) is 3.33. The summed E-state index contributed by atoms with van der Waals surface area (Å²) in [4.78, 5) is 18.2. The second-order valence-corrected chi connectivity index (χ2v) is 3.14. The molecule has 0 saturated carbocycles. The molecule has 6 nitrogen and oxygen atoms in total. The molecular formula is C6H7Cl2N3O3. The first-order valence-corrected chi connectivity index (χ1v) is 4.20. The maximum Gasteiger partial charge on any atom is 0.423 e. The van der Waals surface area contributed by atoms with E-state index in [1.807, 2.05) is 0 Å². The number of carboxylic acids is 1. The number of hydrogen-bond donors (Lipinski definition) is 3. The van der Waals surface area contributed by atoms with Gasteiger partial charge in [0.05, 0.1) is 5.97 Å². The topological polar surface area (TPSA) is 110 Å². The van der Waals surface area contributed by atoms with E-state index in [0.29, 0.717) is 0 Å². The Hall–Kier alpha value is -1.11. The van der Waals surface area contributed by atoms with Crippen LogP contribution in [0.5, 0.6) is 0 Å². The van der Waals surface area contributed by atoms with Crippen LogP contribution in [-0.4, -0.2) is 22.7 Å². The largest absolute Gasteiger partial charge is 0.547 e. The van der Waals surface area contributed by atoms with E-state index in [1.54, 1.807) is 6.20 Å². The SMILES string of the molecule is N=C1C=C[NH2+]C(=O)N1.O=C([O-])C(Cl)Cl. The molecule has 0 fully saturated rings. The standard InChI is InChI=1S/C4H5N3O.C2H2Cl2O2/c5-3-1-2-6-4(8)7-3;3-1(4)2(5)6/h1-2H,(H3,5,6,7,8);1H,(H,5,6). The van der Waals surface area contributed by atoms with Crippen LogP contribution in [0.4, 0.5) is 4.79 Å². The number of primary amides is 1. The number of aliphatic carboxylic acids is 1. The van der Waals surface area contributed by atoms with E-state index in [0.717, 1.165) is 0 Å². The van der Waals surface area contributed by atoms with Gasteiger partial charge in [0.2, 0.25) is 0 Å². The molecule has 4 N–H and O–H groups in total. The Morgan fingerprint density at radius 2 is 2.14 bits per heavy atom. The van der Waals surface area contributed by atoms with Crippen LogP contribution in [0.25, 0.3) is 0 Å². The maximum atomic E-state index is 10.3. The lowest BCUT2D eigenvalue weighted by molar-refractivity contribution is -0.482. The molecule has 0 radical (unpaired) electrons. The molecule has 0 aliphatic carbocycles. The molecule has 0 spiro atoms. The number of amides is 2. The van der Waals surface area contributed by atoms with E-state index in [2.05, 4.69) is 5.32 Å². The van der Waals surface area contributed by atoms with Gasteiger partial charge in [-0.25, -0.2) is 10.1 Å². The summed E-state index contributed by atoms with van der Waals surface area (Å²) in [5.41, 5.74) is 0. The second-order valence-electron chi connectivity index (χ2n) is 2.05. The van der Waals surface area contributed by atoms with Gasteiger partial charge >= 0.3 is 6.03 Å². The number of urea groups is 1. The van der Waals surface area contributed by atoms with Crippen LogP contribution in [0.1, 0.15) is 0 Å². The molecule has 0 unspecified atom stereocenters. The van der Waals surface area contributed by atoms with Crippen LogP contribution in [0.3, 0.4) is 0 Å². The Bertz CT molecular complexity index is 277. The van der Waals surface area contributed by atoms with E-state index >= 15 is 0 Å². The lowest BCUT2D eigenvalue weighted by atomic mass is 10.5. The number of rotatable bonds is 1. The Balaban J connectivity index is 0.000000255. The van der Waals surface area contributed by atoms with E-state index in [-0.39, 0.29) is 11.9 Å². The zero-order chi connectivity index (χ0) is 11.1. The fraction of sp³-hybridized carbons (Fsp3) is 0.167. The Morgan fingerprint density at radius 1 is 1.64 bits per heavy atom. The molecule has 1 heterocycles. The average molecular weight is 240 g/mol. The zero-order valence-electron chi connectivity index (χ0n) is 6.79. The fourth-order valence-corrected chi connectivity index (χ4v) is 0.448. The Morgan fingerprint density at radius 3 is 2.36 bits per heavy atom. The van der Waals surface area contributed by atoms with Crippen molar-refractivity contribution in [1.82, 2.24) is 5.32 Å². The third-order valence-electron chi connectivity index (χ3n) is 0.947. The number of carbonyl (C=O) groups is 2. The molecule has 14 heavy (non-hydrogen) atoms. The van der Waals surface area contributed by atoms with Gasteiger partial charge in [-0.2, -0.15) is 0 Å². The minimum absolute atomic E-state index is 0.150. The van der Waals surface area contributed by atoms with Crippen molar-refractivity contribution in [3.63, 3.8) is 0 Å². The molecule has 1 rings (SSSR count). The number of carboxylic acid groups (broad SMARTS) is 1. The number of halogens is 2. The van der Waals surface area contributed by atoms with Crippen LogP contribution in [0, 0.1) is 5.41 Å². The lowest BCUT2D eigenvalue weighted by Gasteiger charge is -2.00. The normalized spacial score (nSPS) is 14.5. The highest BCUT2D eigenvalue weighted by Gasteiger charge is 2.07. The molecule has 0 aromatic rings. The molecule has 0 aromatic carbocycles. The summed E-state index contributed by atoms with van der Waals surface area (Å²) in [7, 11) is 0. The van der Waals surface area contributed by atoms with Crippen LogP contribution < -0.4 is 15.7 Å². The predicted molar refractivity (Wildman–Crippen MR) is 47.8 cm³/mol. The van der Waals surface area contributed by atoms with Gasteiger partial charge in [-0.3, -0.25) is 10.7 Å². The van der Waals surface area contributed by atoms with E-state index in [9.17, 15) is 14.7 Å². The summed E-state index contributed by atoms with van der Waals surface area (Å²) in [6.45, 7) is 0. The van der Waals surface area contributed by atoms with E-state index in [4.69, 9.17) is 28.6 Å². The van der Waals surface area contributed by atoms with Crippen LogP contribution in [-0.2, 0) is 4.79 Å². The van der Waals surface area contributed by atoms with Gasteiger partial charge in [0.1, 0.15) is 16.9 Å². The number of amidine groups is 1. The molecule has 1 aliphatic rings. The number of nitrogens with two attached hydrogens (primary N) is 1. The van der Waals surface area contributed by atoms with Crippen molar-refractivity contribution < 1.29 is 20.0 Å². The van der Waals surface area contributed by atoms with Gasteiger partial charge < -0.3 is 9.90 Å². The molecule has 2 amide bonds. The Labute approximate surface area is 89.4 Å². The number of hydrogen-bond acceptors (Lipinski definition) is 4. The van der Waals surface area contributed by atoms with Gasteiger partial charge in [0.15, 0.2) is 0 Å². The lowest BCUT2D eigenvalue weighted by Crippen LogP contribution is -2.87. The molecule has 0 aromatic heterocycles. The predicted octanol–water partition coefficient (Wildman–Crippen LogP) is -1.70. The van der Waals surface area contributed by atoms with Crippen molar-refractivity contribution in [2.75, 3.05) is 0 Å². The van der Waals surface area contributed by atoms with Crippen LogP contribution >= 0.6 is 23.2 Å². The van der Waals surface area contributed by atoms with Crippen molar-refractivity contribution in [2.24, 2.45) is 0 Å². The molecule has 8 heteroatoms. The monoisotopic (exact) mass is 239 g/mol. The second kappa shape index (κ2) is 6.36. The number of nitrogens with one attached hydrogen (secondary N) is 2. The minimum atomic E-state index is -1.46. The number of alkyl halides is 2. The quantitative estimate of drug-likeness (QED) is 0.475. The van der Waals surface area contributed by atoms with Crippen molar-refractivity contribution in [3.8, 4) is 0 Å². The van der Waals surface area contributed by atoms with Crippen molar-refractivity contribution in [1.29, 1.82) is 5.41 Å². The zero-order valence-corrected chi connectivity index (χ0v) is 8.30. The number of carbonyl (C=O) groups excluding carboxylic acids is 2. The average Bonchev–Trinajstić information content (AvgIpc) is 2.04. The summed E-state index contributed by atoms with van der Waals surface area (Å²) in [6.07, 6.45) is 3.06. The molecule has 78 valence electrons. The third kappa shape index (κ3) is 6.41. The third-order valence-corrected chi connectivity index (χ3v) is 1.30. The molecule has 0 bridgehead atoms. The van der Waals surface area contributed by atoms with Crippen LogP contribution in [0.15, 0.2) is 12.3 Å². The summed E-state index contributed by atoms with van der Waals surface area (Å²) in [5, 5.41) is 19.9. The van der Waals surface area contributed by atoms with Gasteiger partial charge in [-0.15, -0.1) is 0 Å². The molecule has 0 saturated heterocycles. The van der Waals surface area contributed by atoms with E-state index in [1.165, 1.54) is 11.4 Å². The van der Waals surface area contributed by atoms with E-state index < -0.39 is 10.8 Å². The van der Waals surface area contributed by atoms with Gasteiger partial charge in [-0.1, -0.05) is 23.2 Å². The molecule has 1 aliphatic heterocycles. The highest BCUT2D eigenvalue weighted by molar-refractivity contribution is 6.52. The van der Waals surface area contributed by atoms with Crippen LogP contribution in [0.2, 0.25) is 0 Å². The first kappa shape index (κ1) is 12.9. The molecular weight excluding hydrogens is 233 g/mol. The summed E-state index contributed by atoms with van der Waals surface area (Å²) in [5.74, 6) is -1.31. The summed E-state index contributed by atoms with van der Waals surface area (Å²) >= 11 is 9.43. The maximum absolute atomic E-state index is 10.3. The smallest absolute Gasteiger partial charge is 0.423 e. The highest BCUT2D eigenvalue weighted by Crippen LogP contribution is 1.96. The first-order chi connectivity index (χ1) is 6.43. The number of quaternary nitrogens is 1. The van der Waals surface area contributed by atoms with Crippen molar-refractivity contribution >= 4 is 41.0 Å². The fourth-order valence-electron chi connectivity index (χ4n) is 0.448. The molecule has 0 atom stereocenters. The van der Waals surface area contributed by atoms with Crippen molar-refractivity contribution in [3.05, 3.63) is 12.3 Å². The summed E-state index contributed by atoms with van der Waals surface area (Å²) < 4.78 is 0. The Kier molecular flexibility index (Phi) is 5.86.